The standard InChI is InChI=1S/C25H26FN3O2.BF4/c1-17-15-28(16-27-17)23-11-6-19(14-24(23)31-3)13-21-5-4-12-29(25(21)30)18(2)20-7-9-22(26)10-8-20;2-1(3,4)5/h6-11,13-16,18H,4-5,12H2,1-3H3;/q;-1/t18-;/m0./s1. The Bertz CT molecular complexity index is 1220. The van der Waals surface area contributed by atoms with Gasteiger partial charge < -0.3 is 31.5 Å². The van der Waals surface area contributed by atoms with E-state index in [0.717, 1.165) is 40.9 Å². The average Bonchev–Trinajstić information content (AvgIpc) is 3.25. The van der Waals surface area contributed by atoms with Gasteiger partial charge in [0.25, 0.3) is 0 Å². The number of imidazole rings is 1. The lowest BCUT2D eigenvalue weighted by Gasteiger charge is -2.34. The van der Waals surface area contributed by atoms with Gasteiger partial charge in [0.2, 0.25) is 5.91 Å². The van der Waals surface area contributed by atoms with Crippen molar-refractivity contribution in [2.24, 2.45) is 0 Å². The quantitative estimate of drug-likeness (QED) is 0.229. The molecule has 1 amide bonds. The van der Waals surface area contributed by atoms with Gasteiger partial charge >= 0.3 is 7.25 Å². The van der Waals surface area contributed by atoms with Gasteiger partial charge in [0.1, 0.15) is 11.6 Å². The molecule has 1 aliphatic rings. The molecule has 0 spiro atoms. The third kappa shape index (κ3) is 7.19. The Balaban J connectivity index is 0.000000658. The highest BCUT2D eigenvalue weighted by Gasteiger charge is 2.28. The molecule has 0 unspecified atom stereocenters. The van der Waals surface area contributed by atoms with Crippen molar-refractivity contribution in [1.82, 2.24) is 14.5 Å². The molecule has 0 bridgehead atoms. The summed E-state index contributed by atoms with van der Waals surface area (Å²) in [5.74, 6) is 0.465. The highest BCUT2D eigenvalue weighted by molar-refractivity contribution is 6.50. The Labute approximate surface area is 206 Å². The Hall–Kier alpha value is -3.63. The maximum Gasteiger partial charge on any atom is 0.673 e. The van der Waals surface area contributed by atoms with Crippen LogP contribution in [0.15, 0.2) is 60.6 Å². The average molecular weight is 506 g/mol. The second-order valence-electron chi connectivity index (χ2n) is 8.35. The van der Waals surface area contributed by atoms with Gasteiger partial charge in [-0.2, -0.15) is 0 Å². The molecule has 0 N–H and O–H groups in total. The number of hydrogen-bond donors (Lipinski definition) is 0. The molecule has 2 heterocycles. The predicted octanol–water partition coefficient (Wildman–Crippen LogP) is 6.40. The molecule has 5 nitrogen and oxygen atoms in total. The number of likely N-dealkylation sites (tertiary alicyclic amines) is 1. The van der Waals surface area contributed by atoms with Gasteiger partial charge in [0, 0.05) is 18.3 Å². The van der Waals surface area contributed by atoms with E-state index in [1.165, 1.54) is 12.1 Å². The van der Waals surface area contributed by atoms with E-state index < -0.39 is 7.25 Å². The van der Waals surface area contributed by atoms with Gasteiger partial charge in [-0.25, -0.2) is 9.37 Å². The molecule has 1 aliphatic heterocycles. The Morgan fingerprint density at radius 3 is 2.36 bits per heavy atom. The molecular formula is C25H26BF5N3O2-. The molecule has 1 fully saturated rings. The zero-order valence-electron chi connectivity index (χ0n) is 20.1. The topological polar surface area (TPSA) is 47.4 Å². The van der Waals surface area contributed by atoms with Crippen LogP contribution in [0.25, 0.3) is 11.8 Å². The second-order valence-corrected chi connectivity index (χ2v) is 8.35. The predicted molar refractivity (Wildman–Crippen MR) is 129 cm³/mol. The summed E-state index contributed by atoms with van der Waals surface area (Å²) in [6.07, 6.45) is 7.26. The third-order valence-corrected chi connectivity index (χ3v) is 5.74. The van der Waals surface area contributed by atoms with Crippen molar-refractivity contribution < 1.29 is 31.2 Å². The van der Waals surface area contributed by atoms with Crippen LogP contribution in [0.2, 0.25) is 0 Å². The number of hydrogen-bond acceptors (Lipinski definition) is 3. The zero-order chi connectivity index (χ0) is 26.5. The van der Waals surface area contributed by atoms with Crippen LogP contribution in [0.3, 0.4) is 0 Å². The normalized spacial score (nSPS) is 15.9. The van der Waals surface area contributed by atoms with Gasteiger partial charge in [-0.3, -0.25) is 4.79 Å². The van der Waals surface area contributed by atoms with Crippen LogP contribution in [0.4, 0.5) is 21.7 Å². The summed E-state index contributed by atoms with van der Waals surface area (Å²) in [5.41, 5.74) is 4.44. The fourth-order valence-corrected chi connectivity index (χ4v) is 4.01. The number of rotatable bonds is 5. The zero-order valence-corrected chi connectivity index (χ0v) is 20.1. The minimum Gasteiger partial charge on any atom is -0.495 e. The van der Waals surface area contributed by atoms with Crippen molar-refractivity contribution in [3.63, 3.8) is 0 Å². The van der Waals surface area contributed by atoms with Crippen molar-refractivity contribution in [3.8, 4) is 11.4 Å². The number of halogens is 5. The Morgan fingerprint density at radius 2 is 1.78 bits per heavy atom. The van der Waals surface area contributed by atoms with Gasteiger partial charge in [-0.05, 0) is 68.2 Å². The van der Waals surface area contributed by atoms with Gasteiger partial charge in [-0.15, -0.1) is 0 Å². The SMILES string of the molecule is COc1cc(C=C2CCCN([C@@H](C)c3ccc(F)cc3)C2=O)ccc1-n1cnc(C)c1.F[B-](F)(F)F. The molecule has 11 heteroatoms. The second kappa shape index (κ2) is 11.4. The molecule has 1 aromatic heterocycles. The van der Waals surface area contributed by atoms with Crippen LogP contribution in [-0.4, -0.2) is 41.3 Å². The number of methoxy groups -OCH3 is 1. The summed E-state index contributed by atoms with van der Waals surface area (Å²) in [6.45, 7) is 4.62. The first-order valence-corrected chi connectivity index (χ1v) is 11.3. The highest BCUT2D eigenvalue weighted by atomic mass is 19.5. The number of nitrogens with zero attached hydrogens (tertiary/aromatic N) is 3. The first-order valence-electron chi connectivity index (χ1n) is 11.3. The molecule has 0 saturated carbocycles. The number of carbonyl (C=O) groups excluding carboxylic acids is 1. The summed E-state index contributed by atoms with van der Waals surface area (Å²) < 4.78 is 59.8. The summed E-state index contributed by atoms with van der Waals surface area (Å²) in [5, 5.41) is 0. The number of ether oxygens (including phenoxy) is 1. The van der Waals surface area contributed by atoms with Crippen molar-refractivity contribution >= 4 is 19.2 Å². The molecule has 3 aromatic rings. The van der Waals surface area contributed by atoms with Gasteiger partial charge in [0.05, 0.1) is 30.9 Å². The van der Waals surface area contributed by atoms with E-state index in [0.29, 0.717) is 12.3 Å². The lowest BCUT2D eigenvalue weighted by molar-refractivity contribution is -0.130. The Morgan fingerprint density at radius 1 is 1.11 bits per heavy atom. The van der Waals surface area contributed by atoms with Crippen LogP contribution in [0, 0.1) is 12.7 Å². The maximum absolute atomic E-state index is 13.3. The smallest absolute Gasteiger partial charge is 0.495 e. The largest absolute Gasteiger partial charge is 0.673 e. The lowest BCUT2D eigenvalue weighted by atomic mass is 9.97. The molecule has 192 valence electrons. The fourth-order valence-electron chi connectivity index (χ4n) is 4.01. The third-order valence-electron chi connectivity index (χ3n) is 5.74. The van der Waals surface area contributed by atoms with Crippen LogP contribution in [0.1, 0.15) is 42.6 Å². The fraction of sp³-hybridized carbons (Fsp3) is 0.280. The molecule has 0 radical (unpaired) electrons. The number of carbonyl (C=O) groups is 1. The summed E-state index contributed by atoms with van der Waals surface area (Å²) in [4.78, 5) is 19.3. The first kappa shape index (κ1) is 27.0. The van der Waals surface area contributed by atoms with Crippen molar-refractivity contribution in [2.45, 2.75) is 32.7 Å². The molecule has 1 atom stereocenters. The number of piperidine rings is 1. The van der Waals surface area contributed by atoms with Crippen LogP contribution in [0.5, 0.6) is 5.75 Å². The van der Waals surface area contributed by atoms with E-state index in [9.17, 15) is 26.4 Å². The maximum atomic E-state index is 13.3. The molecule has 1 saturated heterocycles. The van der Waals surface area contributed by atoms with E-state index in [-0.39, 0.29) is 17.8 Å². The van der Waals surface area contributed by atoms with E-state index in [4.69, 9.17) is 4.74 Å². The first-order chi connectivity index (χ1) is 17.0. The van der Waals surface area contributed by atoms with E-state index in [2.05, 4.69) is 4.98 Å². The van der Waals surface area contributed by atoms with Crippen LogP contribution in [-0.2, 0) is 4.79 Å². The van der Waals surface area contributed by atoms with Crippen LogP contribution >= 0.6 is 0 Å². The molecule has 0 aliphatic carbocycles. The van der Waals surface area contributed by atoms with Gasteiger partial charge in [0.15, 0.2) is 0 Å². The molecule has 2 aromatic carbocycles. The van der Waals surface area contributed by atoms with Crippen molar-refractivity contribution in [1.29, 1.82) is 0 Å². The Kier molecular flexibility index (Phi) is 8.55. The van der Waals surface area contributed by atoms with Gasteiger partial charge in [-0.1, -0.05) is 18.2 Å². The van der Waals surface area contributed by atoms with E-state index in [1.807, 2.05) is 53.8 Å². The molecule has 36 heavy (non-hydrogen) atoms. The monoisotopic (exact) mass is 506 g/mol. The minimum absolute atomic E-state index is 0.0244. The lowest BCUT2D eigenvalue weighted by Crippen LogP contribution is -2.38. The number of benzene rings is 2. The van der Waals surface area contributed by atoms with E-state index in [1.54, 1.807) is 25.6 Å². The summed E-state index contributed by atoms with van der Waals surface area (Å²) in [7, 11) is -4.36. The highest BCUT2D eigenvalue weighted by Crippen LogP contribution is 2.30. The minimum atomic E-state index is -6.00. The van der Waals surface area contributed by atoms with Crippen LogP contribution < -0.4 is 4.74 Å². The summed E-state index contributed by atoms with van der Waals surface area (Å²) >= 11 is 0. The molecule has 4 rings (SSSR count). The number of aromatic nitrogens is 2. The number of aryl methyl sites for hydroxylation is 1. The van der Waals surface area contributed by atoms with Crippen molar-refractivity contribution in [2.75, 3.05) is 13.7 Å². The van der Waals surface area contributed by atoms with Crippen molar-refractivity contribution in [3.05, 3.63) is 83.2 Å². The molecular weight excluding hydrogens is 480 g/mol. The number of amides is 1. The van der Waals surface area contributed by atoms with E-state index >= 15 is 0 Å². The summed E-state index contributed by atoms with van der Waals surface area (Å²) in [6, 6.07) is 12.1.